The van der Waals surface area contributed by atoms with Crippen molar-refractivity contribution in [3.05, 3.63) is 54.6 Å². The van der Waals surface area contributed by atoms with Crippen LogP contribution >= 0.6 is 0 Å². The number of carbonyl (C=O) groups is 1. The van der Waals surface area contributed by atoms with Crippen LogP contribution in [0, 0.1) is 11.8 Å². The van der Waals surface area contributed by atoms with Gasteiger partial charge in [-0.25, -0.2) is 4.79 Å². The molecule has 6 nitrogen and oxygen atoms in total. The van der Waals surface area contributed by atoms with Crippen molar-refractivity contribution in [1.82, 2.24) is 9.80 Å². The van der Waals surface area contributed by atoms with E-state index in [1.165, 1.54) is 0 Å². The number of allylic oxidation sites excluding steroid dienone is 4. The molecule has 3 aliphatic rings. The van der Waals surface area contributed by atoms with Gasteiger partial charge in [0.15, 0.2) is 0 Å². The standard InChI is InChI=1S/C28H41N3O3/c1-28(2,3)34-27(33)31(26-18-25(26)21-10-6-4-7-11-21)23-14-16-30(17-15-23)20-24(32)19-29-22-12-8-5-9-13-22/h4-10,12-13,21,23-26,29,32H,11,14-20H2,1-3H3/t21?,24?,25-,26+/m0/s1. The minimum absolute atomic E-state index is 0.166. The van der Waals surface area contributed by atoms with Gasteiger partial charge in [-0.2, -0.15) is 0 Å². The largest absolute Gasteiger partial charge is 0.444 e. The number of hydrogen-bond donors (Lipinski definition) is 2. The molecule has 2 unspecified atom stereocenters. The molecule has 2 aliphatic carbocycles. The maximum atomic E-state index is 13.3. The predicted molar refractivity (Wildman–Crippen MR) is 137 cm³/mol. The Morgan fingerprint density at radius 1 is 1.21 bits per heavy atom. The topological polar surface area (TPSA) is 65.0 Å². The van der Waals surface area contributed by atoms with Gasteiger partial charge in [0.2, 0.25) is 0 Å². The number of β-amino-alcohol motifs (C(OH)–C–C–N with tert-alkyl or cyclic N) is 1. The molecule has 2 fully saturated rings. The molecule has 1 saturated heterocycles. The molecule has 0 bridgehead atoms. The molecule has 1 aromatic carbocycles. The van der Waals surface area contributed by atoms with Crippen LogP contribution in [0.5, 0.6) is 0 Å². The van der Waals surface area contributed by atoms with E-state index in [9.17, 15) is 9.90 Å². The monoisotopic (exact) mass is 467 g/mol. The average Bonchev–Trinajstić information content (AvgIpc) is 3.59. The van der Waals surface area contributed by atoms with E-state index in [0.29, 0.717) is 24.9 Å². The molecule has 0 aromatic heterocycles. The van der Waals surface area contributed by atoms with Crippen LogP contribution in [0.15, 0.2) is 54.6 Å². The zero-order valence-corrected chi connectivity index (χ0v) is 20.9. The zero-order valence-electron chi connectivity index (χ0n) is 20.9. The number of hydrogen-bond acceptors (Lipinski definition) is 5. The van der Waals surface area contributed by atoms with Crippen LogP contribution in [-0.2, 0) is 4.74 Å². The van der Waals surface area contributed by atoms with Gasteiger partial charge in [0.05, 0.1) is 6.10 Å². The van der Waals surface area contributed by atoms with E-state index in [-0.39, 0.29) is 18.2 Å². The quantitative estimate of drug-likeness (QED) is 0.581. The Labute approximate surface area is 204 Å². The van der Waals surface area contributed by atoms with Crippen molar-refractivity contribution in [2.45, 2.75) is 70.2 Å². The molecule has 1 saturated carbocycles. The third-order valence-electron chi connectivity index (χ3n) is 7.07. The van der Waals surface area contributed by atoms with Gasteiger partial charge < -0.3 is 25.0 Å². The van der Waals surface area contributed by atoms with Crippen molar-refractivity contribution in [3.8, 4) is 0 Å². The molecule has 1 aliphatic heterocycles. The summed E-state index contributed by atoms with van der Waals surface area (Å²) in [5.74, 6) is 1.05. The van der Waals surface area contributed by atoms with E-state index >= 15 is 0 Å². The third-order valence-corrected chi connectivity index (χ3v) is 7.07. The molecule has 34 heavy (non-hydrogen) atoms. The van der Waals surface area contributed by atoms with E-state index in [1.54, 1.807) is 0 Å². The molecule has 0 spiro atoms. The number of nitrogens with zero attached hydrogens (tertiary/aromatic N) is 2. The highest BCUT2D eigenvalue weighted by atomic mass is 16.6. The second-order valence-electron chi connectivity index (χ2n) is 11.0. The van der Waals surface area contributed by atoms with Gasteiger partial charge in [0, 0.05) is 44.0 Å². The zero-order chi connectivity index (χ0) is 24.1. The summed E-state index contributed by atoms with van der Waals surface area (Å²) < 4.78 is 5.85. The first-order valence-electron chi connectivity index (χ1n) is 12.8. The molecule has 2 N–H and O–H groups in total. The van der Waals surface area contributed by atoms with Crippen LogP contribution < -0.4 is 5.32 Å². The number of amides is 1. The lowest BCUT2D eigenvalue weighted by molar-refractivity contribution is 0.00154. The van der Waals surface area contributed by atoms with Gasteiger partial charge in [-0.1, -0.05) is 42.5 Å². The number of anilines is 1. The SMILES string of the molecule is CC(C)(C)OC(=O)N(C1CCN(CC(O)CNc2ccccc2)CC1)[C@@H]1C[C@H]1C1C=CC=CC1. The van der Waals surface area contributed by atoms with Crippen molar-refractivity contribution in [2.24, 2.45) is 11.8 Å². The highest BCUT2D eigenvalue weighted by Crippen LogP contribution is 2.46. The first kappa shape index (κ1) is 24.8. The second kappa shape index (κ2) is 11.0. The van der Waals surface area contributed by atoms with Crippen LogP contribution in [0.4, 0.5) is 10.5 Å². The van der Waals surface area contributed by atoms with Crippen molar-refractivity contribution >= 4 is 11.8 Å². The number of rotatable bonds is 8. The molecule has 6 heteroatoms. The van der Waals surface area contributed by atoms with Crippen LogP contribution in [0.2, 0.25) is 0 Å². The normalized spacial score (nSPS) is 26.2. The molecule has 4 rings (SSSR count). The Bertz CT molecular complexity index is 855. The van der Waals surface area contributed by atoms with Crippen molar-refractivity contribution in [1.29, 1.82) is 0 Å². The van der Waals surface area contributed by atoms with Crippen molar-refractivity contribution in [2.75, 3.05) is 31.5 Å². The smallest absolute Gasteiger partial charge is 0.410 e. The first-order valence-corrected chi connectivity index (χ1v) is 12.8. The summed E-state index contributed by atoms with van der Waals surface area (Å²) in [5.41, 5.74) is 0.527. The summed E-state index contributed by atoms with van der Waals surface area (Å²) in [6.45, 7) is 8.76. The lowest BCUT2D eigenvalue weighted by atomic mass is 9.95. The van der Waals surface area contributed by atoms with Gasteiger partial charge in [0.1, 0.15) is 5.60 Å². The average molecular weight is 468 g/mol. The van der Waals surface area contributed by atoms with Gasteiger partial charge in [-0.3, -0.25) is 0 Å². The van der Waals surface area contributed by atoms with E-state index < -0.39 is 11.7 Å². The number of para-hydroxylation sites is 1. The summed E-state index contributed by atoms with van der Waals surface area (Å²) in [6, 6.07) is 10.4. The number of nitrogens with one attached hydrogen (secondary N) is 1. The second-order valence-corrected chi connectivity index (χ2v) is 11.0. The first-order chi connectivity index (χ1) is 16.3. The highest BCUT2D eigenvalue weighted by molar-refractivity contribution is 5.69. The van der Waals surface area contributed by atoms with Gasteiger partial charge in [0.25, 0.3) is 0 Å². The van der Waals surface area contributed by atoms with E-state index in [0.717, 1.165) is 44.5 Å². The van der Waals surface area contributed by atoms with Gasteiger partial charge >= 0.3 is 6.09 Å². The van der Waals surface area contributed by atoms with Crippen molar-refractivity contribution in [3.63, 3.8) is 0 Å². The Kier molecular flexibility index (Phi) is 7.99. The van der Waals surface area contributed by atoms with E-state index in [4.69, 9.17) is 4.74 Å². The number of aliphatic hydroxyl groups is 1. The maximum Gasteiger partial charge on any atom is 0.410 e. The molecule has 4 atom stereocenters. The summed E-state index contributed by atoms with van der Waals surface area (Å²) >= 11 is 0. The molecular formula is C28H41N3O3. The predicted octanol–water partition coefficient (Wildman–Crippen LogP) is 4.68. The van der Waals surface area contributed by atoms with Gasteiger partial charge in [-0.15, -0.1) is 0 Å². The molecule has 1 aromatic rings. The summed E-state index contributed by atoms with van der Waals surface area (Å²) in [4.78, 5) is 17.7. The molecule has 1 amide bonds. The van der Waals surface area contributed by atoms with Crippen LogP contribution in [0.3, 0.4) is 0 Å². The minimum atomic E-state index is -0.496. The van der Waals surface area contributed by atoms with Crippen molar-refractivity contribution < 1.29 is 14.6 Å². The fourth-order valence-electron chi connectivity index (χ4n) is 5.30. The lowest BCUT2D eigenvalue weighted by Crippen LogP contribution is -2.51. The molecular weight excluding hydrogens is 426 g/mol. The minimum Gasteiger partial charge on any atom is -0.444 e. The number of piperidine rings is 1. The Hall–Kier alpha value is -2.31. The Balaban J connectivity index is 1.30. The van der Waals surface area contributed by atoms with Crippen LogP contribution in [-0.4, -0.2) is 71.0 Å². The Morgan fingerprint density at radius 2 is 1.94 bits per heavy atom. The lowest BCUT2D eigenvalue weighted by Gasteiger charge is -2.40. The Morgan fingerprint density at radius 3 is 2.59 bits per heavy atom. The number of carbonyl (C=O) groups excluding carboxylic acids is 1. The summed E-state index contributed by atoms with van der Waals surface area (Å²) in [7, 11) is 0. The number of benzene rings is 1. The number of likely N-dealkylation sites (tertiary alicyclic amines) is 1. The highest BCUT2D eigenvalue weighted by Gasteiger charge is 2.50. The number of aliphatic hydroxyl groups excluding tert-OH is 1. The summed E-state index contributed by atoms with van der Waals surface area (Å²) in [6.07, 6.45) is 12.1. The molecule has 186 valence electrons. The fraction of sp³-hybridized carbons (Fsp3) is 0.607. The summed E-state index contributed by atoms with van der Waals surface area (Å²) in [5, 5.41) is 13.8. The van der Waals surface area contributed by atoms with E-state index in [2.05, 4.69) is 39.4 Å². The third kappa shape index (κ3) is 6.86. The van der Waals surface area contributed by atoms with Crippen LogP contribution in [0.1, 0.15) is 46.5 Å². The molecule has 1 heterocycles. The van der Waals surface area contributed by atoms with Gasteiger partial charge in [-0.05, 0) is 70.4 Å². The van der Waals surface area contributed by atoms with E-state index in [1.807, 2.05) is 51.1 Å². The number of ether oxygens (including phenoxy) is 1. The van der Waals surface area contributed by atoms with Crippen LogP contribution in [0.25, 0.3) is 0 Å². The molecule has 0 radical (unpaired) electrons. The fourth-order valence-corrected chi connectivity index (χ4v) is 5.30. The maximum absolute atomic E-state index is 13.3.